The molecule has 2 amide bonds. The maximum Gasteiger partial charge on any atom is 0.232 e. The molecule has 0 atom stereocenters. The van der Waals surface area contributed by atoms with Gasteiger partial charge < -0.3 is 10.1 Å². The Morgan fingerprint density at radius 2 is 1.72 bits per heavy atom. The molecule has 2 fully saturated rings. The van der Waals surface area contributed by atoms with Crippen LogP contribution in [-0.2, 0) is 14.3 Å². The zero-order valence-corrected chi connectivity index (χ0v) is 11.0. The quantitative estimate of drug-likeness (QED) is 0.781. The molecule has 2 aliphatic heterocycles. The molecule has 0 saturated carbocycles. The van der Waals surface area contributed by atoms with Gasteiger partial charge in [0.15, 0.2) is 0 Å². The summed E-state index contributed by atoms with van der Waals surface area (Å²) in [5.74, 6) is -0.131. The average Bonchev–Trinajstić information content (AvgIpc) is 2.40. The molecule has 0 aliphatic carbocycles. The van der Waals surface area contributed by atoms with E-state index < -0.39 is 0 Å². The van der Waals surface area contributed by atoms with Crippen molar-refractivity contribution in [1.29, 1.82) is 0 Å². The first kappa shape index (κ1) is 13.5. The standard InChI is InChI=1S/C13H22N2O3/c1-10(16)15(12-2-6-14-7-3-12)13(17)11-4-8-18-9-5-11/h11-12,14H,2-9H2,1H3. The lowest BCUT2D eigenvalue weighted by molar-refractivity contribution is -0.151. The van der Waals surface area contributed by atoms with Gasteiger partial charge in [-0.1, -0.05) is 0 Å². The highest BCUT2D eigenvalue weighted by Gasteiger charge is 2.33. The summed E-state index contributed by atoms with van der Waals surface area (Å²) in [7, 11) is 0. The monoisotopic (exact) mass is 254 g/mol. The molecule has 102 valence electrons. The molecule has 2 saturated heterocycles. The lowest BCUT2D eigenvalue weighted by atomic mass is 9.96. The summed E-state index contributed by atoms with van der Waals surface area (Å²) >= 11 is 0. The second kappa shape index (κ2) is 6.29. The van der Waals surface area contributed by atoms with Gasteiger partial charge in [-0.2, -0.15) is 0 Å². The molecule has 5 nitrogen and oxygen atoms in total. The Hall–Kier alpha value is -0.940. The van der Waals surface area contributed by atoms with Gasteiger partial charge >= 0.3 is 0 Å². The van der Waals surface area contributed by atoms with Crippen LogP contribution in [0.15, 0.2) is 0 Å². The first-order chi connectivity index (χ1) is 8.70. The van der Waals surface area contributed by atoms with Crippen molar-refractivity contribution in [3.05, 3.63) is 0 Å². The van der Waals surface area contributed by atoms with Gasteiger partial charge in [-0.15, -0.1) is 0 Å². The van der Waals surface area contributed by atoms with Gasteiger partial charge in [0.25, 0.3) is 0 Å². The molecule has 0 aromatic heterocycles. The fourth-order valence-corrected chi connectivity index (χ4v) is 2.80. The summed E-state index contributed by atoms with van der Waals surface area (Å²) in [6.45, 7) is 4.53. The summed E-state index contributed by atoms with van der Waals surface area (Å²) in [5.41, 5.74) is 0. The smallest absolute Gasteiger partial charge is 0.232 e. The van der Waals surface area contributed by atoms with E-state index in [9.17, 15) is 9.59 Å². The highest BCUT2D eigenvalue weighted by atomic mass is 16.5. The largest absolute Gasteiger partial charge is 0.381 e. The molecular formula is C13H22N2O3. The highest BCUT2D eigenvalue weighted by Crippen LogP contribution is 2.21. The van der Waals surface area contributed by atoms with E-state index in [0.717, 1.165) is 38.8 Å². The number of rotatable bonds is 2. The molecule has 0 bridgehead atoms. The minimum atomic E-state index is -0.113. The van der Waals surface area contributed by atoms with Crippen molar-refractivity contribution in [1.82, 2.24) is 10.2 Å². The molecule has 0 aromatic rings. The van der Waals surface area contributed by atoms with Gasteiger partial charge in [-0.3, -0.25) is 14.5 Å². The third-order valence-corrected chi connectivity index (χ3v) is 3.82. The van der Waals surface area contributed by atoms with Crippen LogP contribution < -0.4 is 5.32 Å². The summed E-state index contributed by atoms with van der Waals surface area (Å²) < 4.78 is 5.27. The molecule has 0 unspecified atom stereocenters. The maximum atomic E-state index is 12.5. The third kappa shape index (κ3) is 3.09. The Kier molecular flexibility index (Phi) is 4.72. The van der Waals surface area contributed by atoms with Crippen molar-refractivity contribution in [3.63, 3.8) is 0 Å². The van der Waals surface area contributed by atoms with E-state index in [1.165, 1.54) is 11.8 Å². The highest BCUT2D eigenvalue weighted by molar-refractivity contribution is 5.95. The van der Waals surface area contributed by atoms with Crippen molar-refractivity contribution >= 4 is 11.8 Å². The van der Waals surface area contributed by atoms with Crippen LogP contribution in [0.2, 0.25) is 0 Å². The molecule has 2 heterocycles. The predicted molar refractivity (Wildman–Crippen MR) is 67.0 cm³/mol. The number of imide groups is 1. The molecule has 18 heavy (non-hydrogen) atoms. The topological polar surface area (TPSA) is 58.6 Å². The summed E-state index contributed by atoms with van der Waals surface area (Å²) in [5, 5.41) is 3.26. The van der Waals surface area contributed by atoms with Crippen molar-refractivity contribution in [3.8, 4) is 0 Å². The molecule has 1 N–H and O–H groups in total. The summed E-state index contributed by atoms with van der Waals surface area (Å²) in [6, 6.07) is 0.0825. The van der Waals surface area contributed by atoms with Crippen LogP contribution in [0.1, 0.15) is 32.6 Å². The number of carbonyl (C=O) groups excluding carboxylic acids is 2. The second-order valence-electron chi connectivity index (χ2n) is 5.10. The first-order valence-corrected chi connectivity index (χ1v) is 6.82. The second-order valence-corrected chi connectivity index (χ2v) is 5.10. The van der Waals surface area contributed by atoms with Gasteiger partial charge in [0.05, 0.1) is 0 Å². The fraction of sp³-hybridized carbons (Fsp3) is 0.846. The van der Waals surface area contributed by atoms with Gasteiger partial charge in [-0.05, 0) is 38.8 Å². The van der Waals surface area contributed by atoms with Crippen molar-refractivity contribution in [2.24, 2.45) is 5.92 Å². The van der Waals surface area contributed by atoms with E-state index in [1.807, 2.05) is 0 Å². The van der Waals surface area contributed by atoms with Crippen LogP contribution in [0.5, 0.6) is 0 Å². The molecule has 0 spiro atoms. The number of carbonyl (C=O) groups is 2. The first-order valence-electron chi connectivity index (χ1n) is 6.82. The van der Waals surface area contributed by atoms with Crippen LogP contribution in [0.3, 0.4) is 0 Å². The van der Waals surface area contributed by atoms with E-state index in [1.54, 1.807) is 0 Å². The average molecular weight is 254 g/mol. The molecule has 2 rings (SSSR count). The minimum absolute atomic E-state index is 0.0118. The Bertz CT molecular complexity index is 307. The van der Waals surface area contributed by atoms with E-state index in [-0.39, 0.29) is 23.8 Å². The maximum absolute atomic E-state index is 12.5. The zero-order valence-electron chi connectivity index (χ0n) is 11.0. The van der Waals surface area contributed by atoms with Crippen LogP contribution in [0.25, 0.3) is 0 Å². The lowest BCUT2D eigenvalue weighted by Crippen LogP contribution is -2.51. The van der Waals surface area contributed by atoms with Crippen LogP contribution in [-0.4, -0.2) is 49.1 Å². The predicted octanol–water partition coefficient (Wildman–Crippen LogP) is 0.540. The van der Waals surface area contributed by atoms with E-state index >= 15 is 0 Å². The van der Waals surface area contributed by atoms with Gasteiger partial charge in [0, 0.05) is 32.1 Å². The van der Waals surface area contributed by atoms with Gasteiger partial charge in [0.1, 0.15) is 0 Å². The van der Waals surface area contributed by atoms with Crippen LogP contribution in [0.4, 0.5) is 0 Å². The Balaban J connectivity index is 2.03. The Morgan fingerprint density at radius 1 is 1.11 bits per heavy atom. The Morgan fingerprint density at radius 3 is 2.28 bits per heavy atom. The SMILES string of the molecule is CC(=O)N(C(=O)C1CCOCC1)C1CCNCC1. The summed E-state index contributed by atoms with van der Waals surface area (Å²) in [6.07, 6.45) is 3.23. The number of hydrogen-bond donors (Lipinski definition) is 1. The minimum Gasteiger partial charge on any atom is -0.381 e. The lowest BCUT2D eigenvalue weighted by Gasteiger charge is -2.35. The number of hydrogen-bond acceptors (Lipinski definition) is 4. The molecular weight excluding hydrogens is 232 g/mol. The number of piperidine rings is 1. The van der Waals surface area contributed by atoms with Crippen LogP contribution >= 0.6 is 0 Å². The van der Waals surface area contributed by atoms with Crippen molar-refractivity contribution < 1.29 is 14.3 Å². The number of nitrogens with one attached hydrogen (secondary N) is 1. The van der Waals surface area contributed by atoms with Crippen molar-refractivity contribution in [2.75, 3.05) is 26.3 Å². The number of ether oxygens (including phenoxy) is 1. The van der Waals surface area contributed by atoms with Gasteiger partial charge in [0.2, 0.25) is 11.8 Å². The molecule has 5 heteroatoms. The molecule has 0 radical (unpaired) electrons. The van der Waals surface area contributed by atoms with Gasteiger partial charge in [-0.25, -0.2) is 0 Å². The number of nitrogens with zero attached hydrogens (tertiary/aromatic N) is 1. The zero-order chi connectivity index (χ0) is 13.0. The molecule has 2 aliphatic rings. The third-order valence-electron chi connectivity index (χ3n) is 3.82. The molecule has 0 aromatic carbocycles. The van der Waals surface area contributed by atoms with E-state index in [4.69, 9.17) is 4.74 Å². The van der Waals surface area contributed by atoms with E-state index in [2.05, 4.69) is 5.32 Å². The number of amides is 2. The van der Waals surface area contributed by atoms with Crippen molar-refractivity contribution in [2.45, 2.75) is 38.6 Å². The Labute approximate surface area is 108 Å². The fourth-order valence-electron chi connectivity index (χ4n) is 2.80. The van der Waals surface area contributed by atoms with E-state index in [0.29, 0.717) is 13.2 Å². The summed E-state index contributed by atoms with van der Waals surface area (Å²) in [4.78, 5) is 25.8. The normalized spacial score (nSPS) is 22.7. The van der Waals surface area contributed by atoms with Crippen LogP contribution in [0, 0.1) is 5.92 Å².